The average molecular weight is 698 g/mol. The Morgan fingerprint density at radius 1 is 0.686 bits per heavy atom. The zero-order valence-corrected chi connectivity index (χ0v) is 32.7. The van der Waals surface area contributed by atoms with Crippen LogP contribution < -0.4 is 0 Å². The van der Waals surface area contributed by atoms with E-state index in [0.717, 1.165) is 7.35 Å². The van der Waals surface area contributed by atoms with Crippen LogP contribution in [0.25, 0.3) is 12.2 Å². The van der Waals surface area contributed by atoms with E-state index >= 15 is 0 Å². The van der Waals surface area contributed by atoms with Crippen molar-refractivity contribution in [3.63, 3.8) is 0 Å². The predicted octanol–water partition coefficient (Wildman–Crippen LogP) is 6.02. The van der Waals surface area contributed by atoms with Gasteiger partial charge in [0.15, 0.2) is 0 Å². The number of allylic oxidation sites excluding steroid dienone is 2. The van der Waals surface area contributed by atoms with Crippen molar-refractivity contribution in [3.05, 3.63) is 80.9 Å². The van der Waals surface area contributed by atoms with Crippen LogP contribution in [0.2, 0.25) is 9.36 Å². The molecule has 0 amide bonds. The van der Waals surface area contributed by atoms with Crippen molar-refractivity contribution in [1.29, 1.82) is 0 Å². The van der Waals surface area contributed by atoms with Gasteiger partial charge in [0, 0.05) is 0 Å². The van der Waals surface area contributed by atoms with E-state index < -0.39 is 17.1 Å². The quantitative estimate of drug-likeness (QED) is 0.337. The predicted molar refractivity (Wildman–Crippen MR) is 166 cm³/mol. The van der Waals surface area contributed by atoms with Gasteiger partial charge >= 0.3 is 223 Å². The molecule has 0 radical (unpaired) electrons. The molecule has 0 spiro atoms. The summed E-state index contributed by atoms with van der Waals surface area (Å²) in [6.07, 6.45) is 5.32. The molecular weight excluding hydrogens is 651 g/mol. The Balaban J connectivity index is 1.81. The molecular formula is C30H46HfSi4. The summed E-state index contributed by atoms with van der Waals surface area (Å²) in [5, 5.41) is 0. The van der Waals surface area contributed by atoms with Crippen LogP contribution in [0.5, 0.6) is 0 Å². The van der Waals surface area contributed by atoms with E-state index in [-0.39, 0.29) is 15.4 Å². The first-order valence-corrected chi connectivity index (χ1v) is 44.7. The van der Waals surface area contributed by atoms with Gasteiger partial charge in [0.05, 0.1) is 0 Å². The van der Waals surface area contributed by atoms with Gasteiger partial charge < -0.3 is 0 Å². The van der Waals surface area contributed by atoms with E-state index in [2.05, 4.69) is 113 Å². The number of rotatable bonds is 2. The fourth-order valence-electron chi connectivity index (χ4n) is 8.49. The van der Waals surface area contributed by atoms with Crippen molar-refractivity contribution in [2.45, 2.75) is 82.9 Å². The third-order valence-electron chi connectivity index (χ3n) is 10.0. The zero-order valence-electron chi connectivity index (χ0n) is 23.9. The minimum atomic E-state index is -3.47. The summed E-state index contributed by atoms with van der Waals surface area (Å²) in [6, 6.07) is 14.8. The van der Waals surface area contributed by atoms with E-state index in [4.69, 9.17) is 0 Å². The molecule has 1 saturated heterocycles. The molecule has 2 aromatic rings. The Kier molecular flexibility index (Phi) is 6.25. The number of hydrogen-bond donors (Lipinski definition) is 0. The Bertz CT molecular complexity index is 1270. The maximum absolute atomic E-state index is 3.47. The fourth-order valence-corrected chi connectivity index (χ4v) is 370. The van der Waals surface area contributed by atoms with Crippen LogP contribution in [0.15, 0.2) is 47.5 Å². The van der Waals surface area contributed by atoms with Crippen LogP contribution in [0.1, 0.15) is 96.1 Å². The number of benzene rings is 2. The molecule has 5 heteroatoms. The molecule has 1 fully saturated rings. The summed E-state index contributed by atoms with van der Waals surface area (Å²) in [4.78, 5) is 0. The normalized spacial score (nSPS) is 24.5. The SMILES string of the molecule is CC1=Cc2c(cccc2C(C)(C)C)[CH]1[Hf]([CH3])([CH3])([CH]1C(C)=Cc2c1cccc2C(C)(C)C)=[Si]1[SiH2][SiH2][SiH2]1. The molecule has 3 aliphatic rings. The Labute approximate surface area is 221 Å². The van der Waals surface area contributed by atoms with Crippen LogP contribution in [0.3, 0.4) is 0 Å². The second-order valence-corrected chi connectivity index (χ2v) is 105. The third-order valence-corrected chi connectivity index (χ3v) is 226. The van der Waals surface area contributed by atoms with Crippen LogP contribution in [0.4, 0.5) is 0 Å². The van der Waals surface area contributed by atoms with Crippen molar-refractivity contribution in [2.24, 2.45) is 0 Å². The van der Waals surface area contributed by atoms with Crippen molar-refractivity contribution in [1.82, 2.24) is 0 Å². The second kappa shape index (κ2) is 8.33. The first-order valence-electron chi connectivity index (χ1n) is 13.8. The molecule has 2 atom stereocenters. The summed E-state index contributed by atoms with van der Waals surface area (Å²) >= 11 is -3.47. The fraction of sp³-hybridized carbons (Fsp3) is 0.467. The van der Waals surface area contributed by atoms with Crippen molar-refractivity contribution in [2.75, 3.05) is 0 Å². The van der Waals surface area contributed by atoms with Gasteiger partial charge in [0.25, 0.3) is 0 Å². The molecule has 0 nitrogen and oxygen atoms in total. The Hall–Kier alpha value is -0.342. The molecule has 0 aromatic heterocycles. The van der Waals surface area contributed by atoms with Gasteiger partial charge in [-0.15, -0.1) is 0 Å². The molecule has 1 aliphatic heterocycles. The molecule has 1 heterocycles. The molecule has 5 rings (SSSR count). The molecule has 2 aromatic carbocycles. The van der Waals surface area contributed by atoms with E-state index in [1.54, 1.807) is 44.5 Å². The van der Waals surface area contributed by atoms with E-state index in [1.165, 1.54) is 0 Å². The molecule has 186 valence electrons. The van der Waals surface area contributed by atoms with Gasteiger partial charge in [-0.25, -0.2) is 0 Å². The summed E-state index contributed by atoms with van der Waals surface area (Å²) in [7, 11) is 1.11. The van der Waals surface area contributed by atoms with Gasteiger partial charge in [0.1, 0.15) is 0 Å². The van der Waals surface area contributed by atoms with E-state index in [0.29, 0.717) is 25.7 Å². The molecule has 0 saturated carbocycles. The first-order chi connectivity index (χ1) is 16.2. The molecule has 2 aliphatic carbocycles. The number of hydrogen-bond acceptors (Lipinski definition) is 0. The molecule has 0 N–H and O–H groups in total. The maximum atomic E-state index is 3.03. The standard InChI is InChI=1S/2C14H17.2CH3.Hf.H6Si4/c2*1-10-8-11-6-5-7-13(12(11)9-10)14(2,3)4;;;;1-2-4-3-1/h2*5-9H,1-4H3;2*1H3;;1-3H2. The van der Waals surface area contributed by atoms with Gasteiger partial charge in [-0.2, -0.15) is 0 Å². The molecule has 2 unspecified atom stereocenters. The van der Waals surface area contributed by atoms with Crippen molar-refractivity contribution >= 4 is 42.3 Å². The van der Waals surface area contributed by atoms with Crippen LogP contribution in [-0.4, -0.2) is 30.2 Å². The van der Waals surface area contributed by atoms with Crippen LogP contribution in [-0.2, 0) is 28.0 Å². The van der Waals surface area contributed by atoms with Gasteiger partial charge in [-0.05, 0) is 0 Å². The Morgan fingerprint density at radius 3 is 1.40 bits per heavy atom. The van der Waals surface area contributed by atoms with E-state index in [1.807, 2.05) is 0 Å². The summed E-state index contributed by atoms with van der Waals surface area (Å²) in [5.41, 5.74) is 13.7. The average Bonchev–Trinajstić information content (AvgIpc) is 3.20. The number of fused-ring (bicyclic) bond motifs is 2. The minimum absolute atomic E-state index is 0.0162. The molecule has 35 heavy (non-hydrogen) atoms. The topological polar surface area (TPSA) is 0 Å². The van der Waals surface area contributed by atoms with Crippen LogP contribution >= 0.6 is 0 Å². The van der Waals surface area contributed by atoms with Crippen molar-refractivity contribution in [3.8, 4) is 0 Å². The van der Waals surface area contributed by atoms with Gasteiger partial charge in [-0.3, -0.25) is 0 Å². The summed E-state index contributed by atoms with van der Waals surface area (Å²) in [5.74, 6) is 0. The van der Waals surface area contributed by atoms with E-state index in [9.17, 15) is 0 Å². The summed E-state index contributed by atoms with van der Waals surface area (Å²) in [6.45, 7) is 19.5. The summed E-state index contributed by atoms with van der Waals surface area (Å²) < 4.78 is 7.61. The van der Waals surface area contributed by atoms with Crippen molar-refractivity contribution < 1.29 is 17.1 Å². The van der Waals surface area contributed by atoms with Gasteiger partial charge in [0.2, 0.25) is 0 Å². The first kappa shape index (κ1) is 26.3. The second-order valence-electron chi connectivity index (χ2n) is 14.8. The third kappa shape index (κ3) is 3.85. The monoisotopic (exact) mass is 698 g/mol. The Morgan fingerprint density at radius 2 is 1.09 bits per heavy atom. The zero-order chi connectivity index (χ0) is 25.6. The van der Waals surface area contributed by atoms with Gasteiger partial charge in [-0.1, -0.05) is 0 Å². The molecule has 0 bridgehead atoms. The van der Waals surface area contributed by atoms with Crippen LogP contribution in [0, 0.1) is 0 Å².